The molecule has 0 aromatic carbocycles. The predicted octanol–water partition coefficient (Wildman–Crippen LogP) is 3.88. The van der Waals surface area contributed by atoms with E-state index in [-0.39, 0.29) is 30.4 Å². The Labute approximate surface area is 197 Å². The van der Waals surface area contributed by atoms with Gasteiger partial charge in [-0.15, -0.1) is 11.3 Å². The number of amidine groups is 1. The summed E-state index contributed by atoms with van der Waals surface area (Å²) in [7, 11) is 0. The van der Waals surface area contributed by atoms with Gasteiger partial charge in [0.25, 0.3) is 0 Å². The molecule has 0 radical (unpaired) electrons. The van der Waals surface area contributed by atoms with Gasteiger partial charge in [-0.05, 0) is 63.6 Å². The van der Waals surface area contributed by atoms with E-state index in [1.807, 2.05) is 48.6 Å². The first-order valence-corrected chi connectivity index (χ1v) is 12.9. The van der Waals surface area contributed by atoms with Gasteiger partial charge < -0.3 is 19.9 Å². The number of allylic oxidation sites excluding steroid dienone is 1. The van der Waals surface area contributed by atoms with Crippen molar-refractivity contribution in [1.82, 2.24) is 15.1 Å². The summed E-state index contributed by atoms with van der Waals surface area (Å²) in [6.45, 7) is 9.32. The maximum atomic E-state index is 13.0. The van der Waals surface area contributed by atoms with Crippen molar-refractivity contribution < 1.29 is 14.3 Å². The second-order valence-corrected chi connectivity index (χ2v) is 10.3. The second-order valence-electron chi connectivity index (χ2n) is 8.44. The lowest BCUT2D eigenvalue weighted by Crippen LogP contribution is -2.38. The van der Waals surface area contributed by atoms with Gasteiger partial charge in [-0.2, -0.15) is 0 Å². The maximum Gasteiger partial charge on any atom is 0.338 e. The van der Waals surface area contributed by atoms with Gasteiger partial charge in [0, 0.05) is 23.7 Å². The Morgan fingerprint density at radius 1 is 1.31 bits per heavy atom. The number of amides is 1. The first-order chi connectivity index (χ1) is 15.4. The molecular weight excluding hydrogens is 444 g/mol. The molecule has 1 saturated heterocycles. The zero-order valence-electron chi connectivity index (χ0n) is 18.8. The van der Waals surface area contributed by atoms with E-state index in [2.05, 4.69) is 15.2 Å². The number of ether oxygens (including phenoxy) is 1. The molecule has 0 saturated carbocycles. The molecule has 32 heavy (non-hydrogen) atoms. The highest BCUT2D eigenvalue weighted by atomic mass is 32.2. The van der Waals surface area contributed by atoms with Crippen LogP contribution in [-0.4, -0.2) is 59.1 Å². The zero-order chi connectivity index (χ0) is 22.7. The first kappa shape index (κ1) is 23.1. The van der Waals surface area contributed by atoms with Crippen molar-refractivity contribution >= 4 is 40.1 Å². The fourth-order valence-electron chi connectivity index (χ4n) is 4.21. The number of carbonyl (C=O) groups is 2. The fraction of sp³-hybridized carbons (Fsp3) is 0.522. The Morgan fingerprint density at radius 3 is 2.78 bits per heavy atom. The fourth-order valence-corrected chi connectivity index (χ4v) is 6.00. The Morgan fingerprint density at radius 2 is 2.09 bits per heavy atom. The summed E-state index contributed by atoms with van der Waals surface area (Å²) >= 11 is 3.09. The molecule has 3 aliphatic heterocycles. The molecule has 1 fully saturated rings. The highest BCUT2D eigenvalue weighted by Gasteiger charge is 2.41. The average molecular weight is 475 g/mol. The van der Waals surface area contributed by atoms with Crippen molar-refractivity contribution in [1.29, 1.82) is 0 Å². The SMILES string of the molecule is CC1=C(C(=O)OC(C)C)C(c2cccs2)N2C(CC(=O)NCCN3CCCC3)=CSC2=N1. The average Bonchev–Trinajstić information content (AvgIpc) is 3.49. The van der Waals surface area contributed by atoms with Gasteiger partial charge in [0.15, 0.2) is 5.17 Å². The molecule has 0 bridgehead atoms. The molecule has 1 aromatic heterocycles. The minimum atomic E-state index is -0.356. The third kappa shape index (κ3) is 5.10. The smallest absolute Gasteiger partial charge is 0.338 e. The molecule has 9 heteroatoms. The number of nitrogens with zero attached hydrogens (tertiary/aromatic N) is 3. The molecule has 4 heterocycles. The third-order valence-electron chi connectivity index (χ3n) is 5.67. The number of carbonyl (C=O) groups excluding carboxylic acids is 2. The van der Waals surface area contributed by atoms with Crippen LogP contribution in [0.4, 0.5) is 0 Å². The number of aliphatic imine (C=N–C) groups is 1. The Kier molecular flexibility index (Phi) is 7.37. The normalized spacial score (nSPS) is 21.0. The van der Waals surface area contributed by atoms with Gasteiger partial charge in [0.2, 0.25) is 5.91 Å². The van der Waals surface area contributed by atoms with Crippen LogP contribution in [0.3, 0.4) is 0 Å². The standard InChI is InChI=1S/C23H30N4O3S2/c1-15(2)30-22(29)20-16(3)25-23-27(21(20)18-7-6-12-31-18)17(14-32-23)13-19(28)24-8-11-26-9-4-5-10-26/h6-7,12,14-15,21H,4-5,8-11,13H2,1-3H3,(H,24,28). The van der Waals surface area contributed by atoms with Crippen LogP contribution in [0.25, 0.3) is 0 Å². The monoisotopic (exact) mass is 474 g/mol. The van der Waals surface area contributed by atoms with Crippen molar-refractivity contribution in [3.05, 3.63) is 44.8 Å². The first-order valence-electron chi connectivity index (χ1n) is 11.1. The van der Waals surface area contributed by atoms with Crippen LogP contribution in [0.1, 0.15) is 51.0 Å². The Balaban J connectivity index is 1.50. The van der Waals surface area contributed by atoms with E-state index in [1.165, 1.54) is 24.6 Å². The van der Waals surface area contributed by atoms with E-state index < -0.39 is 0 Å². The van der Waals surface area contributed by atoms with E-state index in [1.54, 1.807) is 11.3 Å². The van der Waals surface area contributed by atoms with Gasteiger partial charge in [-0.1, -0.05) is 17.8 Å². The van der Waals surface area contributed by atoms with Gasteiger partial charge in [-0.25, -0.2) is 9.79 Å². The van der Waals surface area contributed by atoms with Crippen LogP contribution in [0.15, 0.2) is 44.9 Å². The van der Waals surface area contributed by atoms with E-state index >= 15 is 0 Å². The van der Waals surface area contributed by atoms with Gasteiger partial charge in [-0.3, -0.25) is 4.79 Å². The summed E-state index contributed by atoms with van der Waals surface area (Å²) in [6.07, 6.45) is 2.52. The van der Waals surface area contributed by atoms with Gasteiger partial charge in [0.1, 0.15) is 6.04 Å². The zero-order valence-corrected chi connectivity index (χ0v) is 20.4. The molecule has 3 aliphatic rings. The number of esters is 1. The summed E-state index contributed by atoms with van der Waals surface area (Å²) in [5.41, 5.74) is 2.05. The quantitative estimate of drug-likeness (QED) is 0.577. The number of thiophene rings is 1. The number of rotatable bonds is 8. The number of hydrogen-bond acceptors (Lipinski definition) is 8. The summed E-state index contributed by atoms with van der Waals surface area (Å²) in [5, 5.41) is 7.82. The van der Waals surface area contributed by atoms with Crippen molar-refractivity contribution in [3.63, 3.8) is 0 Å². The van der Waals surface area contributed by atoms with Crippen LogP contribution in [0.5, 0.6) is 0 Å². The largest absolute Gasteiger partial charge is 0.459 e. The van der Waals surface area contributed by atoms with Crippen molar-refractivity contribution in [2.24, 2.45) is 4.99 Å². The number of thioether (sulfide) groups is 1. The lowest BCUT2D eigenvalue weighted by molar-refractivity contribution is -0.143. The van der Waals surface area contributed by atoms with Crippen molar-refractivity contribution in [2.75, 3.05) is 26.2 Å². The lowest BCUT2D eigenvalue weighted by atomic mass is 9.99. The second kappa shape index (κ2) is 10.2. The molecule has 1 amide bonds. The molecule has 1 aromatic rings. The van der Waals surface area contributed by atoms with Gasteiger partial charge >= 0.3 is 5.97 Å². The Hall–Kier alpha value is -2.10. The lowest BCUT2D eigenvalue weighted by Gasteiger charge is -2.35. The number of likely N-dealkylation sites (tertiary alicyclic amines) is 1. The van der Waals surface area contributed by atoms with E-state index in [4.69, 9.17) is 4.74 Å². The molecule has 1 unspecified atom stereocenters. The minimum absolute atomic E-state index is 0.0141. The predicted molar refractivity (Wildman–Crippen MR) is 129 cm³/mol. The number of hydrogen-bond donors (Lipinski definition) is 1. The summed E-state index contributed by atoms with van der Waals surface area (Å²) in [4.78, 5) is 35.9. The van der Waals surface area contributed by atoms with Crippen LogP contribution in [0, 0.1) is 0 Å². The Bertz CT molecular complexity index is 946. The number of nitrogens with one attached hydrogen (secondary N) is 1. The van der Waals surface area contributed by atoms with Crippen LogP contribution in [-0.2, 0) is 14.3 Å². The molecule has 0 spiro atoms. The molecule has 0 aliphatic carbocycles. The molecule has 172 valence electrons. The molecule has 1 atom stereocenters. The third-order valence-corrected chi connectivity index (χ3v) is 7.48. The summed E-state index contributed by atoms with van der Waals surface area (Å²) in [6, 6.07) is 3.65. The summed E-state index contributed by atoms with van der Waals surface area (Å²) < 4.78 is 5.56. The maximum absolute atomic E-state index is 13.0. The van der Waals surface area contributed by atoms with E-state index in [0.29, 0.717) is 17.8 Å². The van der Waals surface area contributed by atoms with Gasteiger partial charge in [0.05, 0.1) is 23.8 Å². The van der Waals surface area contributed by atoms with Crippen molar-refractivity contribution in [3.8, 4) is 0 Å². The van der Waals surface area contributed by atoms with Crippen LogP contribution >= 0.6 is 23.1 Å². The highest BCUT2D eigenvalue weighted by molar-refractivity contribution is 8.16. The molecule has 1 N–H and O–H groups in total. The minimum Gasteiger partial charge on any atom is -0.459 e. The van der Waals surface area contributed by atoms with Crippen LogP contribution in [0.2, 0.25) is 0 Å². The highest BCUT2D eigenvalue weighted by Crippen LogP contribution is 2.45. The molecule has 4 rings (SSSR count). The van der Waals surface area contributed by atoms with Crippen molar-refractivity contribution in [2.45, 2.75) is 52.2 Å². The molecule has 7 nitrogen and oxygen atoms in total. The summed E-state index contributed by atoms with van der Waals surface area (Å²) in [5.74, 6) is -0.371. The molecular formula is C23H30N4O3S2. The number of fused-ring (bicyclic) bond motifs is 1. The topological polar surface area (TPSA) is 74.2 Å². The van der Waals surface area contributed by atoms with Crippen LogP contribution < -0.4 is 5.32 Å². The van der Waals surface area contributed by atoms with E-state index in [9.17, 15) is 9.59 Å². The van der Waals surface area contributed by atoms with E-state index in [0.717, 1.165) is 35.4 Å².